The average molecular weight is 539 g/mol. The third kappa shape index (κ3) is 4.64. The fourth-order valence-corrected chi connectivity index (χ4v) is 4.48. The summed E-state index contributed by atoms with van der Waals surface area (Å²) in [5.41, 5.74) is 0. The van der Waals surface area contributed by atoms with E-state index in [1.54, 1.807) is 0 Å². The molecule has 0 saturated carbocycles. The van der Waals surface area contributed by atoms with Crippen LogP contribution in [0.5, 0.6) is 0 Å². The molecular weight excluding hydrogens is 524 g/mol. The molecule has 0 aliphatic rings. The Morgan fingerprint density at radius 2 is 0.714 bits per heavy atom. The second-order valence-electron chi connectivity index (χ2n) is 4.34. The largest absolute Gasteiger partial charge is 0.0622 e. The van der Waals surface area contributed by atoms with Gasteiger partial charge in [0.1, 0.15) is 0 Å². The van der Waals surface area contributed by atoms with Crippen molar-refractivity contribution in [2.24, 2.45) is 0 Å². The van der Waals surface area contributed by atoms with Gasteiger partial charge < -0.3 is 0 Å². The first-order chi connectivity index (χ1) is 10.4. The molecule has 0 N–H and O–H groups in total. The van der Waals surface area contributed by atoms with Crippen LogP contribution in [0.25, 0.3) is 0 Å². The Morgan fingerprint density at radius 3 is 0.952 bits per heavy atom. The third-order valence-corrected chi connectivity index (χ3v) is 5.49. The van der Waals surface area contributed by atoms with E-state index >= 15 is 0 Å². The van der Waals surface area contributed by atoms with Gasteiger partial charge in [-0.05, 0) is 23.8 Å². The predicted molar refractivity (Wildman–Crippen MR) is 94.1 cm³/mol. The molecule has 3 aromatic rings. The minimum absolute atomic E-state index is 0.446. The van der Waals surface area contributed by atoms with E-state index in [1.165, 1.54) is 15.9 Å². The first kappa shape index (κ1) is 16.7. The van der Waals surface area contributed by atoms with Crippen LogP contribution in [-0.4, -0.2) is 0 Å². The Kier molecular flexibility index (Phi) is 7.43. The molecule has 0 amide bonds. The van der Waals surface area contributed by atoms with Crippen molar-refractivity contribution in [3.63, 3.8) is 0 Å². The van der Waals surface area contributed by atoms with E-state index in [0.717, 1.165) is 0 Å². The minimum atomic E-state index is -0.446. The number of rotatable bonds is 3. The minimum Gasteiger partial charge on any atom is -0.0622 e. The molecule has 0 bridgehead atoms. The maximum absolute atomic E-state index is 2.88. The summed E-state index contributed by atoms with van der Waals surface area (Å²) in [5.74, 6) is 0. The molecule has 0 radical (unpaired) electrons. The molecule has 0 atom stereocenters. The van der Waals surface area contributed by atoms with Crippen molar-refractivity contribution >= 4 is 36.9 Å². The molecule has 21 heavy (non-hydrogen) atoms. The van der Waals surface area contributed by atoms with Gasteiger partial charge in [0.15, 0.2) is 0 Å². The van der Waals surface area contributed by atoms with E-state index in [9.17, 15) is 0 Å². The van der Waals surface area contributed by atoms with Gasteiger partial charge in [-0.2, -0.15) is 0 Å². The topological polar surface area (TPSA) is 0 Å². The molecule has 3 heteroatoms. The predicted octanol–water partition coefficient (Wildman–Crippen LogP) is 4.29. The maximum atomic E-state index is 2.88. The summed E-state index contributed by atoms with van der Waals surface area (Å²) in [6.45, 7) is 0. The number of halogens is 1. The standard InChI is InChI=1S/C18H15P.Au.BrH/c1-4-10-16(11-5-1)19(17-12-6-2-7-13-17)18-14-8-3-9-15-18;;/h1-15H;;1H/q;+1;/p-1. The normalized spacial score (nSPS) is 9.90. The van der Waals surface area contributed by atoms with Gasteiger partial charge in [0, 0.05) is 0 Å². The second kappa shape index (κ2) is 9.35. The van der Waals surface area contributed by atoms with Crippen LogP contribution >= 0.6 is 20.9 Å². The van der Waals surface area contributed by atoms with Crippen molar-refractivity contribution in [2.75, 3.05) is 0 Å². The van der Waals surface area contributed by atoms with E-state index in [0.29, 0.717) is 0 Å². The van der Waals surface area contributed by atoms with Crippen LogP contribution in [0.4, 0.5) is 0 Å². The van der Waals surface area contributed by atoms with Crippen molar-refractivity contribution in [3.8, 4) is 0 Å². The van der Waals surface area contributed by atoms with E-state index in [1.807, 2.05) is 0 Å². The second-order valence-corrected chi connectivity index (χ2v) is 6.56. The molecule has 3 rings (SSSR count). The summed E-state index contributed by atoms with van der Waals surface area (Å²) < 4.78 is 0. The van der Waals surface area contributed by atoms with Crippen LogP contribution in [0.15, 0.2) is 91.0 Å². The summed E-state index contributed by atoms with van der Waals surface area (Å²) in [6.07, 6.45) is 0. The fraction of sp³-hybridized carbons (Fsp3) is 0. The van der Waals surface area contributed by atoms with Crippen molar-refractivity contribution in [1.29, 1.82) is 0 Å². The number of hydrogen-bond acceptors (Lipinski definition) is 0. The molecule has 0 saturated heterocycles. The summed E-state index contributed by atoms with van der Waals surface area (Å²) in [4.78, 5) is 0. The molecule has 0 fully saturated rings. The van der Waals surface area contributed by atoms with Crippen LogP contribution in [-0.2, 0) is 18.9 Å². The van der Waals surface area contributed by atoms with Gasteiger partial charge in [0.25, 0.3) is 0 Å². The molecule has 3 aromatic carbocycles. The zero-order valence-electron chi connectivity index (χ0n) is 11.3. The van der Waals surface area contributed by atoms with Gasteiger partial charge in [0.05, 0.1) is 0 Å². The number of benzene rings is 3. The van der Waals surface area contributed by atoms with Crippen LogP contribution in [0, 0.1) is 0 Å². The quantitative estimate of drug-likeness (QED) is 0.345. The molecule has 0 unspecified atom stereocenters. The Bertz CT molecular complexity index is 535. The van der Waals surface area contributed by atoms with Crippen molar-refractivity contribution in [3.05, 3.63) is 91.0 Å². The molecule has 0 aromatic heterocycles. The molecular formula is C18H15AuBrP. The third-order valence-electron chi connectivity index (χ3n) is 3.04. The fourth-order valence-electron chi connectivity index (χ4n) is 2.18. The molecule has 0 aliphatic carbocycles. The van der Waals surface area contributed by atoms with E-state index < -0.39 is 7.92 Å². The molecule has 110 valence electrons. The van der Waals surface area contributed by atoms with E-state index in [-0.39, 0.29) is 0 Å². The molecule has 0 nitrogen and oxygen atoms in total. The molecule has 0 spiro atoms. The van der Waals surface area contributed by atoms with Crippen LogP contribution in [0.3, 0.4) is 0 Å². The smallest absolute Gasteiger partial charge is 0.0134 e. The Balaban J connectivity index is 0.000000774. The van der Waals surface area contributed by atoms with Gasteiger partial charge in [-0.1, -0.05) is 91.0 Å². The van der Waals surface area contributed by atoms with Gasteiger partial charge >= 0.3 is 32.0 Å². The zero-order chi connectivity index (χ0) is 14.9. The Morgan fingerprint density at radius 1 is 0.476 bits per heavy atom. The molecule has 0 heterocycles. The van der Waals surface area contributed by atoms with E-state index in [4.69, 9.17) is 0 Å². The first-order valence-corrected chi connectivity index (χ1v) is 12.6. The average Bonchev–Trinajstić information content (AvgIpc) is 2.60. The Hall–Kier alpha value is -0.690. The van der Waals surface area contributed by atoms with Crippen LogP contribution in [0.2, 0.25) is 0 Å². The van der Waals surface area contributed by atoms with Crippen molar-refractivity contribution in [1.82, 2.24) is 0 Å². The Labute approximate surface area is 146 Å². The molecule has 0 aliphatic heterocycles. The van der Waals surface area contributed by atoms with E-state index in [2.05, 4.69) is 123 Å². The van der Waals surface area contributed by atoms with Gasteiger partial charge in [0.2, 0.25) is 0 Å². The summed E-state index contributed by atoms with van der Waals surface area (Å²) in [6, 6.07) is 32.3. The maximum Gasteiger partial charge on any atom is -0.0134 e. The summed E-state index contributed by atoms with van der Waals surface area (Å²) in [7, 11) is -0.446. The van der Waals surface area contributed by atoms with Crippen LogP contribution in [0.1, 0.15) is 0 Å². The van der Waals surface area contributed by atoms with Crippen molar-refractivity contribution < 1.29 is 18.9 Å². The van der Waals surface area contributed by atoms with Crippen molar-refractivity contribution in [2.45, 2.75) is 0 Å². The summed E-state index contributed by atoms with van der Waals surface area (Å²) >= 11 is 4.97. The van der Waals surface area contributed by atoms with Gasteiger partial charge in [-0.3, -0.25) is 0 Å². The zero-order valence-corrected chi connectivity index (χ0v) is 15.9. The summed E-state index contributed by atoms with van der Waals surface area (Å²) in [5, 5.41) is 4.19. The van der Waals surface area contributed by atoms with Gasteiger partial charge in [-0.15, -0.1) is 0 Å². The SMILES string of the molecule is [Br][Au].c1ccc(P(c2ccccc2)c2ccccc2)cc1. The van der Waals surface area contributed by atoms with Gasteiger partial charge in [-0.25, -0.2) is 0 Å². The van der Waals surface area contributed by atoms with Crippen LogP contribution < -0.4 is 15.9 Å². The monoisotopic (exact) mass is 538 g/mol. The first-order valence-electron chi connectivity index (χ1n) is 6.52. The number of hydrogen-bond donors (Lipinski definition) is 0.